The number of hydrogen-bond donors (Lipinski definition) is 0. The number of nitrogens with zero attached hydrogens (tertiary/aromatic N) is 2. The van der Waals surface area contributed by atoms with E-state index in [2.05, 4.69) is 0 Å². The van der Waals surface area contributed by atoms with Crippen LogP contribution in [0.3, 0.4) is 0 Å². The fraction of sp³-hybridized carbons (Fsp3) is 0.200. The molecule has 2 heterocycles. The minimum Gasteiger partial charge on any atom is -0.494 e. The monoisotopic (exact) mass is 464 g/mol. The van der Waals surface area contributed by atoms with Gasteiger partial charge in [0.1, 0.15) is 11.5 Å². The Morgan fingerprint density at radius 1 is 1.06 bits per heavy atom. The molecule has 0 N–H and O–H groups in total. The third-order valence-electron chi connectivity index (χ3n) is 4.54. The average Bonchev–Trinajstić information content (AvgIpc) is 3.36. The minimum atomic E-state index is -0.0461. The summed E-state index contributed by atoms with van der Waals surface area (Å²) in [4.78, 5) is 21.2. The molecule has 0 aliphatic carbocycles. The summed E-state index contributed by atoms with van der Waals surface area (Å²) in [6, 6.07) is 21.4. The van der Waals surface area contributed by atoms with Gasteiger partial charge < -0.3 is 9.15 Å². The van der Waals surface area contributed by atoms with Crippen LogP contribution in [0, 0.1) is 0 Å². The van der Waals surface area contributed by atoms with Crippen molar-refractivity contribution in [1.82, 2.24) is 4.90 Å². The SMILES string of the molecule is CCCN1C(=O)C(=Cc2ccc(Sc3ccccc3)o2)SC1=Nc1ccc(OCC)cc1. The van der Waals surface area contributed by atoms with Gasteiger partial charge in [-0.2, -0.15) is 0 Å². The van der Waals surface area contributed by atoms with Crippen LogP contribution in [0.5, 0.6) is 5.75 Å². The molecule has 1 fully saturated rings. The molecule has 4 rings (SSSR count). The predicted octanol–water partition coefficient (Wildman–Crippen LogP) is 6.84. The molecule has 0 radical (unpaired) electrons. The van der Waals surface area contributed by atoms with Gasteiger partial charge >= 0.3 is 0 Å². The van der Waals surface area contributed by atoms with Gasteiger partial charge in [0, 0.05) is 17.5 Å². The fourth-order valence-electron chi connectivity index (χ4n) is 3.11. The zero-order valence-electron chi connectivity index (χ0n) is 18.0. The lowest BCUT2D eigenvalue weighted by molar-refractivity contribution is -0.122. The Morgan fingerprint density at radius 2 is 1.84 bits per heavy atom. The molecular formula is C25H24N2O3S2. The highest BCUT2D eigenvalue weighted by Gasteiger charge is 2.33. The van der Waals surface area contributed by atoms with Crippen LogP contribution in [0.15, 0.2) is 91.0 Å². The number of carbonyl (C=O) groups is 1. The Hall–Kier alpha value is -2.90. The second kappa shape index (κ2) is 10.6. The minimum absolute atomic E-state index is 0.0461. The molecule has 0 saturated carbocycles. The third kappa shape index (κ3) is 5.47. The van der Waals surface area contributed by atoms with Gasteiger partial charge in [-0.3, -0.25) is 9.69 Å². The smallest absolute Gasteiger partial charge is 0.266 e. The Morgan fingerprint density at radius 3 is 2.56 bits per heavy atom. The first-order chi connectivity index (χ1) is 15.7. The van der Waals surface area contributed by atoms with E-state index in [-0.39, 0.29) is 5.91 Å². The highest BCUT2D eigenvalue weighted by Crippen LogP contribution is 2.36. The van der Waals surface area contributed by atoms with Gasteiger partial charge in [-0.15, -0.1) is 0 Å². The molecule has 2 aromatic carbocycles. The van der Waals surface area contributed by atoms with Gasteiger partial charge in [-0.05, 0) is 73.6 Å². The maximum absolute atomic E-state index is 13.0. The van der Waals surface area contributed by atoms with E-state index in [1.807, 2.05) is 80.6 Å². The van der Waals surface area contributed by atoms with Crippen molar-refractivity contribution < 1.29 is 13.9 Å². The van der Waals surface area contributed by atoms with Crippen LogP contribution in [0.2, 0.25) is 0 Å². The fourth-order valence-corrected chi connectivity index (χ4v) is 4.91. The second-order valence-electron chi connectivity index (χ2n) is 6.96. The largest absolute Gasteiger partial charge is 0.494 e. The number of rotatable bonds is 8. The molecule has 1 aliphatic rings. The first-order valence-corrected chi connectivity index (χ1v) is 12.1. The van der Waals surface area contributed by atoms with Crippen molar-refractivity contribution in [3.8, 4) is 5.75 Å². The molecule has 1 saturated heterocycles. The molecule has 32 heavy (non-hydrogen) atoms. The Bertz CT molecular complexity index is 1120. The van der Waals surface area contributed by atoms with E-state index in [4.69, 9.17) is 14.1 Å². The summed E-state index contributed by atoms with van der Waals surface area (Å²) in [5.41, 5.74) is 0.783. The Kier molecular flexibility index (Phi) is 7.39. The number of amides is 1. The number of benzene rings is 2. The van der Waals surface area contributed by atoms with E-state index in [1.165, 1.54) is 11.8 Å². The molecule has 5 nitrogen and oxygen atoms in total. The first kappa shape index (κ1) is 22.3. The summed E-state index contributed by atoms with van der Waals surface area (Å²) in [6.07, 6.45) is 2.64. The zero-order chi connectivity index (χ0) is 22.3. The molecule has 7 heteroatoms. The Labute approximate surface area is 196 Å². The number of furan rings is 1. The van der Waals surface area contributed by atoms with Crippen LogP contribution in [0.4, 0.5) is 5.69 Å². The summed E-state index contributed by atoms with van der Waals surface area (Å²) in [6.45, 7) is 5.24. The lowest BCUT2D eigenvalue weighted by atomic mass is 10.3. The van der Waals surface area contributed by atoms with Gasteiger partial charge in [-0.1, -0.05) is 36.9 Å². The van der Waals surface area contributed by atoms with Crippen LogP contribution >= 0.6 is 23.5 Å². The van der Waals surface area contributed by atoms with Gasteiger partial charge in [0.25, 0.3) is 5.91 Å². The van der Waals surface area contributed by atoms with E-state index in [1.54, 1.807) is 22.7 Å². The lowest BCUT2D eigenvalue weighted by Crippen LogP contribution is -2.29. The van der Waals surface area contributed by atoms with Crippen molar-refractivity contribution in [1.29, 1.82) is 0 Å². The van der Waals surface area contributed by atoms with E-state index < -0.39 is 0 Å². The van der Waals surface area contributed by atoms with Crippen molar-refractivity contribution >= 4 is 46.4 Å². The lowest BCUT2D eigenvalue weighted by Gasteiger charge is -2.14. The molecule has 0 atom stereocenters. The van der Waals surface area contributed by atoms with Crippen LogP contribution in [0.25, 0.3) is 6.08 Å². The van der Waals surface area contributed by atoms with E-state index >= 15 is 0 Å². The van der Waals surface area contributed by atoms with Gasteiger partial charge in [0.2, 0.25) is 0 Å². The van der Waals surface area contributed by atoms with Crippen molar-refractivity contribution in [2.45, 2.75) is 30.3 Å². The molecule has 164 valence electrons. The first-order valence-electron chi connectivity index (χ1n) is 10.5. The van der Waals surface area contributed by atoms with Gasteiger partial charge in [0.15, 0.2) is 10.3 Å². The topological polar surface area (TPSA) is 55.0 Å². The second-order valence-corrected chi connectivity index (χ2v) is 9.05. The maximum atomic E-state index is 13.0. The molecule has 1 amide bonds. The molecule has 1 aromatic heterocycles. The van der Waals surface area contributed by atoms with Crippen LogP contribution in [-0.2, 0) is 4.79 Å². The summed E-state index contributed by atoms with van der Waals surface area (Å²) in [5, 5.41) is 1.46. The molecule has 0 unspecified atom stereocenters. The maximum Gasteiger partial charge on any atom is 0.266 e. The molecule has 0 bridgehead atoms. The van der Waals surface area contributed by atoms with Crippen molar-refractivity contribution in [2.75, 3.05) is 13.2 Å². The zero-order valence-corrected chi connectivity index (χ0v) is 19.6. The predicted molar refractivity (Wildman–Crippen MR) is 132 cm³/mol. The summed E-state index contributed by atoms with van der Waals surface area (Å²) >= 11 is 2.92. The highest BCUT2D eigenvalue weighted by molar-refractivity contribution is 8.18. The van der Waals surface area contributed by atoms with Crippen molar-refractivity contribution in [3.05, 3.63) is 77.4 Å². The van der Waals surface area contributed by atoms with E-state index in [0.29, 0.717) is 29.0 Å². The standard InChI is InChI=1S/C25H24N2O3S2/c1-3-16-27-24(28)22(32-25(27)26-18-10-12-19(13-11-18)29-4-2)17-20-14-15-23(30-20)31-21-8-6-5-7-9-21/h5-15,17H,3-4,16H2,1-2H3. The summed E-state index contributed by atoms with van der Waals surface area (Å²) < 4.78 is 11.4. The highest BCUT2D eigenvalue weighted by atomic mass is 32.2. The molecule has 3 aromatic rings. The number of ether oxygens (including phenoxy) is 1. The van der Waals surface area contributed by atoms with Crippen molar-refractivity contribution in [3.63, 3.8) is 0 Å². The number of thioether (sulfide) groups is 1. The normalized spacial score (nSPS) is 16.3. The number of carbonyl (C=O) groups excluding carboxylic acids is 1. The molecule has 0 spiro atoms. The van der Waals surface area contributed by atoms with E-state index in [0.717, 1.165) is 27.8 Å². The Balaban J connectivity index is 1.53. The van der Waals surface area contributed by atoms with Crippen LogP contribution in [-0.4, -0.2) is 29.1 Å². The van der Waals surface area contributed by atoms with E-state index in [9.17, 15) is 4.79 Å². The van der Waals surface area contributed by atoms with Crippen LogP contribution in [0.1, 0.15) is 26.0 Å². The van der Waals surface area contributed by atoms with Crippen LogP contribution < -0.4 is 4.74 Å². The number of hydrogen-bond acceptors (Lipinski definition) is 6. The van der Waals surface area contributed by atoms with Crippen molar-refractivity contribution in [2.24, 2.45) is 4.99 Å². The number of aliphatic imine (C=N–C) groups is 1. The summed E-state index contributed by atoms with van der Waals surface area (Å²) in [7, 11) is 0. The third-order valence-corrected chi connectivity index (χ3v) is 6.48. The molecular weight excluding hydrogens is 440 g/mol. The number of amidine groups is 1. The average molecular weight is 465 g/mol. The summed E-state index contributed by atoms with van der Waals surface area (Å²) in [5.74, 6) is 1.41. The molecule has 1 aliphatic heterocycles. The van der Waals surface area contributed by atoms with Gasteiger partial charge in [-0.25, -0.2) is 4.99 Å². The van der Waals surface area contributed by atoms with Gasteiger partial charge in [0.05, 0.1) is 17.2 Å². The quantitative estimate of drug-likeness (QED) is 0.342.